The second kappa shape index (κ2) is 9.24. The summed E-state index contributed by atoms with van der Waals surface area (Å²) < 4.78 is 16.8. The molecule has 0 saturated carbocycles. The SMILES string of the molecule is O=CC1=COC=C(C2=CC=CC[C@@H]2c2ccc(OCc3ccc(Cl)c(Cl)c3)cc2)O1. The molecule has 0 unspecified atom stereocenters. The third kappa shape index (κ3) is 4.61. The van der Waals surface area contributed by atoms with Gasteiger partial charge >= 0.3 is 0 Å². The fourth-order valence-corrected chi connectivity index (χ4v) is 3.63. The molecule has 30 heavy (non-hydrogen) atoms. The van der Waals surface area contributed by atoms with Crippen LogP contribution in [0.25, 0.3) is 0 Å². The lowest BCUT2D eigenvalue weighted by atomic mass is 9.84. The lowest BCUT2D eigenvalue weighted by Gasteiger charge is -2.25. The zero-order valence-electron chi connectivity index (χ0n) is 15.9. The average Bonchev–Trinajstić information content (AvgIpc) is 2.80. The molecule has 4 nitrogen and oxygen atoms in total. The first-order valence-electron chi connectivity index (χ1n) is 9.36. The summed E-state index contributed by atoms with van der Waals surface area (Å²) in [6.45, 7) is 0.395. The van der Waals surface area contributed by atoms with Crippen molar-refractivity contribution in [3.8, 4) is 5.75 Å². The molecular weight excluding hydrogens is 423 g/mol. The van der Waals surface area contributed by atoms with Gasteiger partial charge in [0.2, 0.25) is 5.76 Å². The molecule has 1 heterocycles. The Morgan fingerprint density at radius 3 is 2.67 bits per heavy atom. The van der Waals surface area contributed by atoms with Gasteiger partial charge in [-0.05, 0) is 41.8 Å². The second-order valence-electron chi connectivity index (χ2n) is 6.80. The Bertz CT molecular complexity index is 1070. The predicted molar refractivity (Wildman–Crippen MR) is 116 cm³/mol. The Balaban J connectivity index is 1.45. The van der Waals surface area contributed by atoms with Crippen molar-refractivity contribution < 1.29 is 19.0 Å². The standard InChI is InChI=1S/C24H18Cl2O4/c25-22-10-5-16(11-23(22)26)13-29-18-8-6-17(7-9-18)20-3-1-2-4-21(20)24-15-28-14-19(12-27)30-24/h1-2,4-12,14-15,20H,3,13H2/t20-/m1/s1. The molecule has 2 aromatic rings. The zero-order valence-corrected chi connectivity index (χ0v) is 17.4. The maximum atomic E-state index is 11.0. The molecule has 2 aliphatic rings. The fraction of sp³-hybridized carbons (Fsp3) is 0.125. The molecule has 0 aromatic heterocycles. The Morgan fingerprint density at radius 1 is 1.07 bits per heavy atom. The molecule has 4 rings (SSSR count). The molecule has 0 fully saturated rings. The number of hydrogen-bond acceptors (Lipinski definition) is 4. The molecule has 1 aliphatic heterocycles. The molecule has 0 radical (unpaired) electrons. The lowest BCUT2D eigenvalue weighted by Crippen LogP contribution is -2.11. The molecule has 1 aliphatic carbocycles. The maximum Gasteiger partial charge on any atom is 0.202 e. The number of halogens is 2. The van der Waals surface area contributed by atoms with Crippen LogP contribution in [0.3, 0.4) is 0 Å². The van der Waals surface area contributed by atoms with Gasteiger partial charge in [-0.2, -0.15) is 0 Å². The third-order valence-corrected chi connectivity index (χ3v) is 5.56. The number of hydrogen-bond donors (Lipinski definition) is 0. The molecule has 152 valence electrons. The molecule has 6 heteroatoms. The monoisotopic (exact) mass is 440 g/mol. The number of carbonyl (C=O) groups is 1. The van der Waals surface area contributed by atoms with E-state index in [4.69, 9.17) is 37.4 Å². The predicted octanol–water partition coefficient (Wildman–Crippen LogP) is 6.47. The van der Waals surface area contributed by atoms with Crippen molar-refractivity contribution in [1.82, 2.24) is 0 Å². The van der Waals surface area contributed by atoms with Gasteiger partial charge in [0.05, 0.1) is 10.0 Å². The number of allylic oxidation sites excluding steroid dienone is 5. The van der Waals surface area contributed by atoms with Crippen LogP contribution in [0, 0.1) is 0 Å². The smallest absolute Gasteiger partial charge is 0.202 e. The highest BCUT2D eigenvalue weighted by atomic mass is 35.5. The third-order valence-electron chi connectivity index (χ3n) is 4.82. The normalized spacial score (nSPS) is 17.8. The summed E-state index contributed by atoms with van der Waals surface area (Å²) >= 11 is 12.0. The van der Waals surface area contributed by atoms with Crippen LogP contribution in [-0.2, 0) is 20.9 Å². The van der Waals surface area contributed by atoms with Gasteiger partial charge in [0.1, 0.15) is 24.9 Å². The maximum absolute atomic E-state index is 11.0. The highest BCUT2D eigenvalue weighted by Crippen LogP contribution is 2.38. The first-order valence-corrected chi connectivity index (χ1v) is 10.1. The van der Waals surface area contributed by atoms with E-state index in [-0.39, 0.29) is 11.7 Å². The van der Waals surface area contributed by atoms with Crippen LogP contribution in [0.15, 0.2) is 90.3 Å². The average molecular weight is 441 g/mol. The van der Waals surface area contributed by atoms with Crippen LogP contribution in [0.1, 0.15) is 23.5 Å². The van der Waals surface area contributed by atoms with E-state index in [1.54, 1.807) is 12.1 Å². The molecule has 0 bridgehead atoms. The molecule has 2 aromatic carbocycles. The molecule has 0 spiro atoms. The van der Waals surface area contributed by atoms with Crippen LogP contribution >= 0.6 is 23.2 Å². The van der Waals surface area contributed by atoms with E-state index in [2.05, 4.69) is 6.08 Å². The van der Waals surface area contributed by atoms with E-state index in [0.717, 1.165) is 28.9 Å². The van der Waals surface area contributed by atoms with E-state index >= 15 is 0 Å². The van der Waals surface area contributed by atoms with E-state index in [1.807, 2.05) is 42.5 Å². The number of rotatable bonds is 6. The molecule has 1 atom stereocenters. The highest BCUT2D eigenvalue weighted by Gasteiger charge is 2.24. The van der Waals surface area contributed by atoms with Gasteiger partial charge in [-0.15, -0.1) is 0 Å². The van der Waals surface area contributed by atoms with Crippen LogP contribution < -0.4 is 4.74 Å². The first kappa shape index (κ1) is 20.3. The van der Waals surface area contributed by atoms with Gasteiger partial charge in [-0.3, -0.25) is 4.79 Å². The summed E-state index contributed by atoms with van der Waals surface area (Å²) in [5.74, 6) is 1.52. The number of ether oxygens (including phenoxy) is 3. The molecule has 0 N–H and O–H groups in total. The van der Waals surface area contributed by atoms with E-state index in [0.29, 0.717) is 28.7 Å². The minimum Gasteiger partial charge on any atom is -0.489 e. The van der Waals surface area contributed by atoms with Gasteiger partial charge in [0.25, 0.3) is 0 Å². The van der Waals surface area contributed by atoms with Crippen molar-refractivity contribution in [2.75, 3.05) is 0 Å². The van der Waals surface area contributed by atoms with Crippen molar-refractivity contribution in [1.29, 1.82) is 0 Å². The van der Waals surface area contributed by atoms with Gasteiger partial charge in [0, 0.05) is 11.5 Å². The Kier molecular flexibility index (Phi) is 6.26. The van der Waals surface area contributed by atoms with Gasteiger partial charge in [-0.25, -0.2) is 0 Å². The van der Waals surface area contributed by atoms with Crippen molar-refractivity contribution in [2.24, 2.45) is 0 Å². The van der Waals surface area contributed by atoms with Crippen LogP contribution in [0.2, 0.25) is 10.0 Å². The van der Waals surface area contributed by atoms with E-state index in [1.165, 1.54) is 12.5 Å². The second-order valence-corrected chi connectivity index (χ2v) is 7.62. The van der Waals surface area contributed by atoms with Crippen molar-refractivity contribution >= 4 is 29.5 Å². The summed E-state index contributed by atoms with van der Waals surface area (Å²) in [7, 11) is 0. The minimum atomic E-state index is 0.0833. The summed E-state index contributed by atoms with van der Waals surface area (Å²) in [6.07, 6.45) is 10.3. The van der Waals surface area contributed by atoms with Crippen molar-refractivity contribution in [3.05, 3.63) is 111 Å². The van der Waals surface area contributed by atoms with Crippen molar-refractivity contribution in [2.45, 2.75) is 18.9 Å². The summed E-state index contributed by atoms with van der Waals surface area (Å²) in [6, 6.07) is 13.4. The van der Waals surface area contributed by atoms with Gasteiger partial charge < -0.3 is 14.2 Å². The number of carbonyl (C=O) groups excluding carboxylic acids is 1. The van der Waals surface area contributed by atoms with Crippen LogP contribution in [0.4, 0.5) is 0 Å². The quantitative estimate of drug-likeness (QED) is 0.482. The van der Waals surface area contributed by atoms with Crippen LogP contribution in [-0.4, -0.2) is 6.29 Å². The Morgan fingerprint density at radius 2 is 1.90 bits per heavy atom. The van der Waals surface area contributed by atoms with E-state index < -0.39 is 0 Å². The molecular formula is C24H18Cl2O4. The molecule has 0 saturated heterocycles. The fourth-order valence-electron chi connectivity index (χ4n) is 3.31. The number of benzene rings is 2. The first-order chi connectivity index (χ1) is 14.6. The molecule has 0 amide bonds. The summed E-state index contributed by atoms with van der Waals surface area (Å²) in [5, 5.41) is 1.03. The Hall–Kier alpha value is -2.95. The number of aldehydes is 1. The minimum absolute atomic E-state index is 0.0833. The van der Waals surface area contributed by atoms with Gasteiger partial charge in [0.15, 0.2) is 12.0 Å². The Labute approximate surface area is 184 Å². The largest absolute Gasteiger partial charge is 0.489 e. The summed E-state index contributed by atoms with van der Waals surface area (Å²) in [4.78, 5) is 11.0. The zero-order chi connectivity index (χ0) is 20.9. The summed E-state index contributed by atoms with van der Waals surface area (Å²) in [5.41, 5.74) is 3.00. The highest BCUT2D eigenvalue weighted by molar-refractivity contribution is 6.42. The topological polar surface area (TPSA) is 44.8 Å². The lowest BCUT2D eigenvalue weighted by molar-refractivity contribution is -0.107. The van der Waals surface area contributed by atoms with Crippen LogP contribution in [0.5, 0.6) is 5.75 Å². The van der Waals surface area contributed by atoms with Gasteiger partial charge in [-0.1, -0.05) is 59.6 Å². The van der Waals surface area contributed by atoms with E-state index in [9.17, 15) is 4.79 Å². The van der Waals surface area contributed by atoms with Crippen molar-refractivity contribution in [3.63, 3.8) is 0 Å².